The van der Waals surface area contributed by atoms with E-state index < -0.39 is 0 Å². The Hall–Kier alpha value is -0.560. The van der Waals surface area contributed by atoms with Crippen LogP contribution in [0, 0.1) is 5.41 Å². The van der Waals surface area contributed by atoms with E-state index in [0.29, 0.717) is 0 Å². The number of allylic oxidation sites excluding steroid dienone is 4. The average Bonchev–Trinajstić information content (AvgIpc) is 2.33. The summed E-state index contributed by atoms with van der Waals surface area (Å²) in [5.41, 5.74) is 3.17. The molecule has 0 aliphatic carbocycles. The van der Waals surface area contributed by atoms with Crippen molar-refractivity contribution in [2.45, 2.75) is 75.2 Å². The van der Waals surface area contributed by atoms with Crippen molar-refractivity contribution in [3.63, 3.8) is 0 Å². The lowest BCUT2D eigenvalue weighted by molar-refractivity contribution is 0.509. The molecule has 0 saturated heterocycles. The van der Waals surface area contributed by atoms with Crippen molar-refractivity contribution in [3.05, 3.63) is 23.3 Å². The van der Waals surface area contributed by atoms with Crippen molar-refractivity contribution >= 4 is 0 Å². The van der Waals surface area contributed by atoms with E-state index in [1.165, 1.54) is 17.6 Å². The SMILES string of the molecule is C/C=C(\C(C)=C/CC)C(C)(C)C.CC.CCCNC. The number of nitrogens with one attached hydrogen (secondary N) is 1. The first-order chi connectivity index (χ1) is 8.84. The first kappa shape index (κ1) is 23.5. The average molecular weight is 270 g/mol. The fraction of sp³-hybridized carbons (Fsp3) is 0.778. The highest BCUT2D eigenvalue weighted by molar-refractivity contribution is 5.32. The van der Waals surface area contributed by atoms with Crippen molar-refractivity contribution in [1.29, 1.82) is 0 Å². The maximum atomic E-state index is 3.02. The quantitative estimate of drug-likeness (QED) is 0.619. The van der Waals surface area contributed by atoms with Gasteiger partial charge in [-0.3, -0.25) is 0 Å². The fourth-order valence-corrected chi connectivity index (χ4v) is 1.92. The molecule has 0 aromatic rings. The molecule has 0 radical (unpaired) electrons. The van der Waals surface area contributed by atoms with Crippen LogP contribution in [0.1, 0.15) is 75.2 Å². The molecule has 1 heteroatoms. The fourth-order valence-electron chi connectivity index (χ4n) is 1.92. The van der Waals surface area contributed by atoms with Gasteiger partial charge in [0.2, 0.25) is 0 Å². The minimum atomic E-state index is 0.282. The predicted octanol–water partition coefficient (Wildman–Crippen LogP) is 5.98. The normalized spacial score (nSPS) is 12.1. The Kier molecular flexibility index (Phi) is 19.2. The van der Waals surface area contributed by atoms with Crippen LogP contribution in [0.2, 0.25) is 0 Å². The molecule has 0 fully saturated rings. The highest BCUT2D eigenvalue weighted by atomic mass is 14.8. The molecular formula is C18H39N. The van der Waals surface area contributed by atoms with Crippen molar-refractivity contribution in [2.24, 2.45) is 5.41 Å². The van der Waals surface area contributed by atoms with Gasteiger partial charge in [0, 0.05) is 0 Å². The van der Waals surface area contributed by atoms with E-state index >= 15 is 0 Å². The third kappa shape index (κ3) is 15.4. The molecule has 0 amide bonds. The summed E-state index contributed by atoms with van der Waals surface area (Å²) in [6.45, 7) is 20.6. The van der Waals surface area contributed by atoms with Crippen LogP contribution in [0.4, 0.5) is 0 Å². The summed E-state index contributed by atoms with van der Waals surface area (Å²) in [4.78, 5) is 0. The van der Waals surface area contributed by atoms with Gasteiger partial charge in [-0.2, -0.15) is 0 Å². The molecule has 19 heavy (non-hydrogen) atoms. The molecule has 0 aliphatic rings. The van der Waals surface area contributed by atoms with Gasteiger partial charge in [0.1, 0.15) is 0 Å². The van der Waals surface area contributed by atoms with Gasteiger partial charge in [-0.1, -0.05) is 66.2 Å². The second kappa shape index (κ2) is 15.5. The zero-order valence-electron chi connectivity index (χ0n) is 15.3. The second-order valence-corrected chi connectivity index (χ2v) is 5.35. The molecule has 0 aliphatic heterocycles. The van der Waals surface area contributed by atoms with E-state index in [0.717, 1.165) is 13.0 Å². The van der Waals surface area contributed by atoms with E-state index in [9.17, 15) is 0 Å². The van der Waals surface area contributed by atoms with E-state index in [-0.39, 0.29) is 5.41 Å². The first-order valence-electron chi connectivity index (χ1n) is 7.83. The summed E-state index contributed by atoms with van der Waals surface area (Å²) in [5.74, 6) is 0. The second-order valence-electron chi connectivity index (χ2n) is 5.35. The molecule has 0 aromatic carbocycles. The molecule has 0 bridgehead atoms. The van der Waals surface area contributed by atoms with Gasteiger partial charge >= 0.3 is 0 Å². The summed E-state index contributed by atoms with van der Waals surface area (Å²) in [6, 6.07) is 0. The molecule has 1 N–H and O–H groups in total. The van der Waals surface area contributed by atoms with Gasteiger partial charge < -0.3 is 5.32 Å². The van der Waals surface area contributed by atoms with E-state index in [1.54, 1.807) is 0 Å². The zero-order valence-corrected chi connectivity index (χ0v) is 15.3. The molecule has 0 rings (SSSR count). The van der Waals surface area contributed by atoms with Crippen LogP contribution >= 0.6 is 0 Å². The lowest BCUT2D eigenvalue weighted by Gasteiger charge is -2.23. The van der Waals surface area contributed by atoms with Gasteiger partial charge in [-0.05, 0) is 51.3 Å². The number of hydrogen-bond donors (Lipinski definition) is 1. The molecule has 116 valence electrons. The lowest BCUT2D eigenvalue weighted by Crippen LogP contribution is -2.10. The molecule has 0 saturated carbocycles. The third-order valence-corrected chi connectivity index (χ3v) is 2.53. The Morgan fingerprint density at radius 1 is 1.11 bits per heavy atom. The molecule has 0 atom stereocenters. The standard InChI is InChI=1S/C12H22.C4H11N.C2H6/c1-7-9-10(3)11(8-2)12(4,5)6;1-3-4-5-2;1-2/h8-9H,7H2,1-6H3;5H,3-4H2,1-2H3;1-2H3/b10-9-,11-8+;;. The zero-order chi connectivity index (χ0) is 15.9. The molecular weight excluding hydrogens is 230 g/mol. The van der Waals surface area contributed by atoms with Crippen LogP contribution in [0.3, 0.4) is 0 Å². The van der Waals surface area contributed by atoms with Gasteiger partial charge in [0.25, 0.3) is 0 Å². The van der Waals surface area contributed by atoms with Crippen LogP contribution in [-0.4, -0.2) is 13.6 Å². The van der Waals surface area contributed by atoms with Gasteiger partial charge in [0.05, 0.1) is 0 Å². The molecule has 0 aromatic heterocycles. The molecule has 0 heterocycles. The summed E-state index contributed by atoms with van der Waals surface area (Å²) in [5, 5.41) is 3.02. The molecule has 0 spiro atoms. The monoisotopic (exact) mass is 269 g/mol. The predicted molar refractivity (Wildman–Crippen MR) is 92.8 cm³/mol. The highest BCUT2D eigenvalue weighted by Crippen LogP contribution is 2.30. The third-order valence-electron chi connectivity index (χ3n) is 2.53. The van der Waals surface area contributed by atoms with E-state index in [2.05, 4.69) is 65.9 Å². The minimum absolute atomic E-state index is 0.282. The number of hydrogen-bond acceptors (Lipinski definition) is 1. The van der Waals surface area contributed by atoms with Gasteiger partial charge in [-0.15, -0.1) is 0 Å². The summed E-state index contributed by atoms with van der Waals surface area (Å²) in [7, 11) is 1.96. The maximum absolute atomic E-state index is 3.02. The van der Waals surface area contributed by atoms with Crippen LogP contribution in [0.15, 0.2) is 23.3 Å². The number of rotatable bonds is 4. The highest BCUT2D eigenvalue weighted by Gasteiger charge is 2.16. The van der Waals surface area contributed by atoms with Crippen LogP contribution in [0.5, 0.6) is 0 Å². The van der Waals surface area contributed by atoms with Crippen molar-refractivity contribution in [3.8, 4) is 0 Å². The Morgan fingerprint density at radius 2 is 1.58 bits per heavy atom. The maximum Gasteiger partial charge on any atom is -0.00546 e. The summed E-state index contributed by atoms with van der Waals surface area (Å²) < 4.78 is 0. The van der Waals surface area contributed by atoms with E-state index in [4.69, 9.17) is 0 Å². The first-order valence-corrected chi connectivity index (χ1v) is 7.83. The van der Waals surface area contributed by atoms with Crippen LogP contribution in [-0.2, 0) is 0 Å². The minimum Gasteiger partial charge on any atom is -0.320 e. The Bertz CT molecular complexity index is 227. The largest absolute Gasteiger partial charge is 0.320 e. The van der Waals surface area contributed by atoms with Crippen molar-refractivity contribution < 1.29 is 0 Å². The van der Waals surface area contributed by atoms with Crippen molar-refractivity contribution in [1.82, 2.24) is 5.32 Å². The Labute approximate surface area is 123 Å². The topological polar surface area (TPSA) is 12.0 Å². The Morgan fingerprint density at radius 3 is 1.74 bits per heavy atom. The summed E-state index contributed by atoms with van der Waals surface area (Å²) >= 11 is 0. The smallest absolute Gasteiger partial charge is 0.00546 e. The lowest BCUT2D eigenvalue weighted by atomic mass is 9.82. The van der Waals surface area contributed by atoms with Crippen LogP contribution in [0.25, 0.3) is 0 Å². The van der Waals surface area contributed by atoms with E-state index in [1.807, 2.05) is 20.9 Å². The van der Waals surface area contributed by atoms with Gasteiger partial charge in [0.15, 0.2) is 0 Å². The molecule has 1 nitrogen and oxygen atoms in total. The molecule has 0 unspecified atom stereocenters. The Balaban J connectivity index is -0.000000307. The van der Waals surface area contributed by atoms with Crippen molar-refractivity contribution in [2.75, 3.05) is 13.6 Å². The van der Waals surface area contributed by atoms with Gasteiger partial charge in [-0.25, -0.2) is 0 Å². The summed E-state index contributed by atoms with van der Waals surface area (Å²) in [6.07, 6.45) is 6.87. The van der Waals surface area contributed by atoms with Crippen LogP contribution < -0.4 is 5.32 Å².